The summed E-state index contributed by atoms with van der Waals surface area (Å²) < 4.78 is 6.71. The monoisotopic (exact) mass is 420 g/mol. The molecule has 7 nitrogen and oxygen atoms in total. The van der Waals surface area contributed by atoms with Crippen molar-refractivity contribution in [1.82, 2.24) is 14.6 Å². The molecule has 0 aliphatic rings. The standard InChI is InChI=1S/C22H20N4O3S/c1-13-7-8-15-10-14(2)20-24-25-22(26(20)18(15)9-13)30-12-19(27)23-17-6-4-5-16(11-17)21(28)29-3/h4-11H,12H2,1-3H3,(H,23,27). The van der Waals surface area contributed by atoms with Crippen molar-refractivity contribution in [1.29, 1.82) is 0 Å². The molecule has 0 radical (unpaired) electrons. The number of pyridine rings is 1. The summed E-state index contributed by atoms with van der Waals surface area (Å²) in [4.78, 5) is 24.1. The smallest absolute Gasteiger partial charge is 0.337 e. The fraction of sp³-hybridized carbons (Fsp3) is 0.182. The Morgan fingerprint density at radius 2 is 1.93 bits per heavy atom. The van der Waals surface area contributed by atoms with E-state index in [9.17, 15) is 9.59 Å². The number of aryl methyl sites for hydroxylation is 2. The minimum Gasteiger partial charge on any atom is -0.465 e. The molecule has 0 fully saturated rings. The Hall–Kier alpha value is -3.39. The minimum atomic E-state index is -0.451. The van der Waals surface area contributed by atoms with Crippen LogP contribution in [0.1, 0.15) is 21.5 Å². The molecular formula is C22H20N4O3S. The predicted molar refractivity (Wildman–Crippen MR) is 117 cm³/mol. The highest BCUT2D eigenvalue weighted by Crippen LogP contribution is 2.26. The van der Waals surface area contributed by atoms with Gasteiger partial charge in [-0.2, -0.15) is 0 Å². The highest BCUT2D eigenvalue weighted by molar-refractivity contribution is 7.99. The molecule has 1 N–H and O–H groups in total. The number of carbonyl (C=O) groups excluding carboxylic acids is 2. The number of carbonyl (C=O) groups is 2. The maximum Gasteiger partial charge on any atom is 0.337 e. The van der Waals surface area contributed by atoms with E-state index in [-0.39, 0.29) is 11.7 Å². The van der Waals surface area contributed by atoms with Crippen LogP contribution in [0.4, 0.5) is 5.69 Å². The summed E-state index contributed by atoms with van der Waals surface area (Å²) >= 11 is 1.31. The zero-order valence-corrected chi connectivity index (χ0v) is 17.6. The normalized spacial score (nSPS) is 11.0. The van der Waals surface area contributed by atoms with Crippen LogP contribution in [0.25, 0.3) is 16.6 Å². The lowest BCUT2D eigenvalue weighted by Crippen LogP contribution is -2.15. The summed E-state index contributed by atoms with van der Waals surface area (Å²) in [5.74, 6) is -0.496. The van der Waals surface area contributed by atoms with E-state index in [0.717, 1.165) is 27.7 Å². The first kappa shape index (κ1) is 19.9. The first-order chi connectivity index (χ1) is 14.5. The molecule has 0 spiro atoms. The number of thioether (sulfide) groups is 1. The molecule has 4 aromatic rings. The number of ether oxygens (including phenoxy) is 1. The van der Waals surface area contributed by atoms with Gasteiger partial charge < -0.3 is 10.1 Å². The second-order valence-corrected chi connectivity index (χ2v) is 7.88. The van der Waals surface area contributed by atoms with Crippen molar-refractivity contribution in [3.63, 3.8) is 0 Å². The molecule has 0 unspecified atom stereocenters. The summed E-state index contributed by atoms with van der Waals surface area (Å²) in [6.45, 7) is 4.04. The number of anilines is 1. The predicted octanol–water partition coefficient (Wildman–Crippen LogP) is 4.02. The van der Waals surface area contributed by atoms with Crippen molar-refractivity contribution in [3.8, 4) is 0 Å². The molecule has 2 aromatic carbocycles. The Morgan fingerprint density at radius 1 is 1.10 bits per heavy atom. The van der Waals surface area contributed by atoms with Gasteiger partial charge in [-0.05, 0) is 60.7 Å². The summed E-state index contributed by atoms with van der Waals surface area (Å²) in [5.41, 5.74) is 4.86. The molecule has 0 atom stereocenters. The van der Waals surface area contributed by atoms with E-state index >= 15 is 0 Å². The summed E-state index contributed by atoms with van der Waals surface area (Å²) in [6, 6.07) is 15.0. The third-order valence-corrected chi connectivity index (χ3v) is 5.61. The number of esters is 1. The fourth-order valence-electron chi connectivity index (χ4n) is 3.27. The van der Waals surface area contributed by atoms with E-state index in [1.54, 1.807) is 24.3 Å². The van der Waals surface area contributed by atoms with Crippen molar-refractivity contribution in [2.45, 2.75) is 19.0 Å². The van der Waals surface area contributed by atoms with Crippen LogP contribution in [0.2, 0.25) is 0 Å². The first-order valence-corrected chi connectivity index (χ1v) is 10.3. The lowest BCUT2D eigenvalue weighted by molar-refractivity contribution is -0.113. The van der Waals surface area contributed by atoms with Crippen LogP contribution in [-0.2, 0) is 9.53 Å². The maximum atomic E-state index is 12.5. The number of nitrogens with one attached hydrogen (secondary N) is 1. The van der Waals surface area contributed by atoms with Crippen molar-refractivity contribution < 1.29 is 14.3 Å². The van der Waals surface area contributed by atoms with Gasteiger partial charge in [0.25, 0.3) is 0 Å². The lowest BCUT2D eigenvalue weighted by Gasteiger charge is -2.08. The summed E-state index contributed by atoms with van der Waals surface area (Å²) in [5, 5.41) is 13.2. The maximum absolute atomic E-state index is 12.5. The molecule has 0 bridgehead atoms. The molecule has 2 aromatic heterocycles. The van der Waals surface area contributed by atoms with Gasteiger partial charge in [-0.1, -0.05) is 30.0 Å². The zero-order valence-electron chi connectivity index (χ0n) is 16.8. The summed E-state index contributed by atoms with van der Waals surface area (Å²) in [6.07, 6.45) is 0. The van der Waals surface area contributed by atoms with E-state index in [2.05, 4.69) is 39.8 Å². The molecule has 1 amide bonds. The average molecular weight is 420 g/mol. The van der Waals surface area contributed by atoms with Gasteiger partial charge in [0, 0.05) is 5.69 Å². The molecule has 0 aliphatic carbocycles. The molecule has 0 aliphatic heterocycles. The Morgan fingerprint density at radius 3 is 2.73 bits per heavy atom. The van der Waals surface area contributed by atoms with Crippen LogP contribution in [0, 0.1) is 13.8 Å². The van der Waals surface area contributed by atoms with Crippen molar-refractivity contribution in [3.05, 3.63) is 65.2 Å². The molecule has 0 saturated heterocycles. The molecule has 4 rings (SSSR count). The van der Waals surface area contributed by atoms with Gasteiger partial charge in [0.15, 0.2) is 10.8 Å². The Kier molecular flexibility index (Phi) is 5.41. The molecule has 30 heavy (non-hydrogen) atoms. The van der Waals surface area contributed by atoms with Gasteiger partial charge >= 0.3 is 5.97 Å². The van der Waals surface area contributed by atoms with Crippen molar-refractivity contribution in [2.24, 2.45) is 0 Å². The van der Waals surface area contributed by atoms with Gasteiger partial charge in [0.05, 0.1) is 23.9 Å². The lowest BCUT2D eigenvalue weighted by atomic mass is 10.1. The number of fused-ring (bicyclic) bond motifs is 3. The van der Waals surface area contributed by atoms with Gasteiger partial charge in [0.1, 0.15) is 0 Å². The number of methoxy groups -OCH3 is 1. The second-order valence-electron chi connectivity index (χ2n) is 6.94. The van der Waals surface area contributed by atoms with E-state index < -0.39 is 5.97 Å². The fourth-order valence-corrected chi connectivity index (χ4v) is 4.02. The zero-order chi connectivity index (χ0) is 21.3. The van der Waals surface area contributed by atoms with Crippen LogP contribution < -0.4 is 5.32 Å². The average Bonchev–Trinajstić information content (AvgIpc) is 3.17. The Balaban J connectivity index is 1.55. The number of rotatable bonds is 5. The number of hydrogen-bond acceptors (Lipinski definition) is 6. The molecule has 8 heteroatoms. The van der Waals surface area contributed by atoms with Crippen LogP contribution in [-0.4, -0.2) is 39.3 Å². The number of nitrogens with zero attached hydrogens (tertiary/aromatic N) is 3. The van der Waals surface area contributed by atoms with E-state index in [4.69, 9.17) is 4.74 Å². The minimum absolute atomic E-state index is 0.157. The number of benzene rings is 2. The van der Waals surface area contributed by atoms with Crippen LogP contribution >= 0.6 is 11.8 Å². The second kappa shape index (κ2) is 8.16. The van der Waals surface area contributed by atoms with Gasteiger partial charge in [0.2, 0.25) is 5.91 Å². The largest absolute Gasteiger partial charge is 0.465 e. The van der Waals surface area contributed by atoms with Crippen LogP contribution in [0.15, 0.2) is 53.7 Å². The first-order valence-electron chi connectivity index (χ1n) is 9.32. The molecule has 0 saturated carbocycles. The number of aromatic nitrogens is 3. The van der Waals surface area contributed by atoms with Crippen molar-refractivity contribution in [2.75, 3.05) is 18.2 Å². The van der Waals surface area contributed by atoms with Crippen molar-refractivity contribution >= 4 is 45.9 Å². The van der Waals surface area contributed by atoms with Gasteiger partial charge in [-0.25, -0.2) is 4.79 Å². The van der Waals surface area contributed by atoms with Crippen LogP contribution in [0.3, 0.4) is 0 Å². The Bertz CT molecular complexity index is 1280. The highest BCUT2D eigenvalue weighted by Gasteiger charge is 2.14. The number of amides is 1. The molecular weight excluding hydrogens is 400 g/mol. The third-order valence-electron chi connectivity index (χ3n) is 4.68. The molecule has 152 valence electrons. The van der Waals surface area contributed by atoms with E-state index in [1.807, 2.05) is 18.2 Å². The highest BCUT2D eigenvalue weighted by atomic mass is 32.2. The topological polar surface area (TPSA) is 85.6 Å². The van der Waals surface area contributed by atoms with E-state index in [0.29, 0.717) is 16.4 Å². The summed E-state index contributed by atoms with van der Waals surface area (Å²) in [7, 11) is 1.32. The Labute approximate surface area is 177 Å². The quantitative estimate of drug-likeness (QED) is 0.388. The van der Waals surface area contributed by atoms with Crippen LogP contribution in [0.5, 0.6) is 0 Å². The van der Waals surface area contributed by atoms with Gasteiger partial charge in [-0.15, -0.1) is 10.2 Å². The SMILES string of the molecule is COC(=O)c1cccc(NC(=O)CSc2nnc3c(C)cc4ccc(C)cc4n23)c1. The molecule has 2 heterocycles. The third kappa shape index (κ3) is 3.86. The number of hydrogen-bond donors (Lipinski definition) is 1. The van der Waals surface area contributed by atoms with Gasteiger partial charge in [-0.3, -0.25) is 9.20 Å². The van der Waals surface area contributed by atoms with E-state index in [1.165, 1.54) is 18.9 Å².